The van der Waals surface area contributed by atoms with E-state index in [0.717, 1.165) is 0 Å². The molecule has 2 fully saturated rings. The molecule has 0 saturated carbocycles. The smallest absolute Gasteiger partial charge is 0.380 e. The maximum absolute atomic E-state index is 14.0. The number of rotatable bonds is 11. The fourth-order valence-electron chi connectivity index (χ4n) is 4.53. The minimum absolute atomic E-state index is 0.163. The zero-order chi connectivity index (χ0) is 28.4. The van der Waals surface area contributed by atoms with Gasteiger partial charge in [-0.3, -0.25) is 14.1 Å². The molecule has 39 heavy (non-hydrogen) atoms. The quantitative estimate of drug-likeness (QED) is 0.248. The van der Waals surface area contributed by atoms with Gasteiger partial charge < -0.3 is 29.2 Å². The van der Waals surface area contributed by atoms with E-state index in [0.29, 0.717) is 11.3 Å². The summed E-state index contributed by atoms with van der Waals surface area (Å²) in [5.74, 6) is -2.39. The Labute approximate surface area is 228 Å². The number of fused-ring (bicyclic) bond motifs is 1. The summed E-state index contributed by atoms with van der Waals surface area (Å²) in [4.78, 5) is 24.2. The third kappa shape index (κ3) is 7.23. The molecule has 0 aliphatic carbocycles. The fraction of sp³-hybridized carbons (Fsp3) is 0.519. The lowest BCUT2D eigenvalue weighted by Crippen LogP contribution is -2.46. The summed E-state index contributed by atoms with van der Waals surface area (Å²) in [5, 5.41) is 0. The number of esters is 1. The molecule has 11 nitrogen and oxygen atoms in total. The largest absolute Gasteiger partial charge is 0.463 e. The van der Waals surface area contributed by atoms with Crippen LogP contribution in [0.4, 0.5) is 0 Å². The molecule has 2 aliphatic rings. The van der Waals surface area contributed by atoms with Gasteiger partial charge in [-0.25, -0.2) is 4.57 Å². The van der Waals surface area contributed by atoms with Crippen molar-refractivity contribution in [2.24, 2.45) is 11.7 Å². The second-order valence-electron chi connectivity index (χ2n) is 10.4. The molecule has 12 heteroatoms. The number of nitrogens with two attached hydrogens (primary N) is 1. The molecular weight excluding hydrogens is 527 g/mol. The van der Waals surface area contributed by atoms with Crippen LogP contribution < -0.4 is 14.8 Å². The van der Waals surface area contributed by atoms with Gasteiger partial charge in [-0.1, -0.05) is 25.1 Å². The van der Waals surface area contributed by atoms with Crippen molar-refractivity contribution in [3.63, 3.8) is 0 Å². The molecule has 2 aliphatic heterocycles. The Kier molecular flexibility index (Phi) is 8.78. The number of carbonyl (C=O) groups is 2. The first-order valence-corrected chi connectivity index (χ1v) is 14.6. The van der Waals surface area contributed by atoms with Crippen molar-refractivity contribution in [1.82, 2.24) is 0 Å². The van der Waals surface area contributed by atoms with Gasteiger partial charge in [-0.2, -0.15) is 4.57 Å². The number of carbonyl (C=O) groups excluding carboxylic acids is 2. The number of amides is 1. The number of aromatic nitrogens is 1. The van der Waals surface area contributed by atoms with Crippen LogP contribution in [0.5, 0.6) is 5.75 Å². The molecule has 2 aromatic rings. The van der Waals surface area contributed by atoms with Crippen molar-refractivity contribution in [3.05, 3.63) is 60.4 Å². The van der Waals surface area contributed by atoms with E-state index in [2.05, 4.69) is 0 Å². The average molecular weight is 564 g/mol. The van der Waals surface area contributed by atoms with Crippen LogP contribution in [0.3, 0.4) is 0 Å². The first kappa shape index (κ1) is 29.2. The van der Waals surface area contributed by atoms with Crippen LogP contribution in [0.15, 0.2) is 54.9 Å². The molecule has 4 rings (SSSR count). The molecular formula is C27H36N2O9P+. The molecule has 0 spiro atoms. The van der Waals surface area contributed by atoms with Crippen molar-refractivity contribution >= 4 is 19.5 Å². The summed E-state index contributed by atoms with van der Waals surface area (Å²) < 4.78 is 51.3. The molecule has 6 atom stereocenters. The summed E-state index contributed by atoms with van der Waals surface area (Å²) >= 11 is 0. The van der Waals surface area contributed by atoms with E-state index in [4.69, 9.17) is 33.7 Å². The molecule has 2 saturated heterocycles. The average Bonchev–Trinajstić information content (AvgIpc) is 3.35. The van der Waals surface area contributed by atoms with E-state index in [-0.39, 0.29) is 18.9 Å². The van der Waals surface area contributed by atoms with Gasteiger partial charge in [0.25, 0.3) is 12.1 Å². The maximum atomic E-state index is 14.0. The molecule has 1 amide bonds. The molecule has 212 valence electrons. The highest BCUT2D eigenvalue weighted by atomic mass is 31.2. The molecule has 0 bridgehead atoms. The third-order valence-electron chi connectivity index (χ3n) is 6.20. The summed E-state index contributed by atoms with van der Waals surface area (Å²) in [6.07, 6.45) is 0.320. The second-order valence-corrected chi connectivity index (χ2v) is 12.4. The topological polar surface area (TPSA) is 136 Å². The van der Waals surface area contributed by atoms with Gasteiger partial charge >= 0.3 is 13.6 Å². The Morgan fingerprint density at radius 1 is 1.08 bits per heavy atom. The minimum Gasteiger partial charge on any atom is -0.463 e. The summed E-state index contributed by atoms with van der Waals surface area (Å²) in [5.41, 5.74) is 5.76. The lowest BCUT2D eigenvalue weighted by atomic mass is 10.1. The second kappa shape index (κ2) is 11.7. The Morgan fingerprint density at radius 3 is 2.44 bits per heavy atom. The Hall–Kier alpha value is -2.82. The van der Waals surface area contributed by atoms with Crippen LogP contribution in [0.25, 0.3) is 0 Å². The van der Waals surface area contributed by atoms with Crippen LogP contribution in [0, 0.1) is 5.92 Å². The van der Waals surface area contributed by atoms with E-state index in [1.54, 1.807) is 94.0 Å². The van der Waals surface area contributed by atoms with Crippen molar-refractivity contribution in [2.45, 2.75) is 71.0 Å². The molecule has 3 heterocycles. The predicted molar refractivity (Wildman–Crippen MR) is 139 cm³/mol. The Balaban J connectivity index is 1.54. The SMILES string of the molecule is CC(C)OC(=O)[C@H](C)CP(=O)(OCC1O[C@@H]([n+]2cccc(C(N)=O)c2)[C@@H]2OC(C)(C)O[C@H]12)Oc1ccccc1. The van der Waals surface area contributed by atoms with Gasteiger partial charge in [0.2, 0.25) is 0 Å². The summed E-state index contributed by atoms with van der Waals surface area (Å²) in [6.45, 7) is 8.52. The number of hydrogen-bond donors (Lipinski definition) is 1. The highest BCUT2D eigenvalue weighted by Crippen LogP contribution is 2.51. The fourth-order valence-corrected chi connectivity index (χ4v) is 6.40. The standard InChI is InChI=1S/C27H35N2O9P/c1-17(2)34-26(31)18(3)16-39(32,38-20-11-7-6-8-12-20)33-15-21-22-23(37-27(4,5)36-22)25(35-21)29-13-9-10-19(14-29)24(28)30/h6-14,17-18,21-23,25H,15-16H2,1-5H3,(H-,28,30)/p+1/t18-,21?,22-,23-,25-,39?/m1/s1. The summed E-state index contributed by atoms with van der Waals surface area (Å²) in [6, 6.07) is 11.9. The van der Waals surface area contributed by atoms with E-state index < -0.39 is 55.7 Å². The number of hydrogen-bond acceptors (Lipinski definition) is 9. The van der Waals surface area contributed by atoms with Crippen LogP contribution in [-0.2, 0) is 32.8 Å². The van der Waals surface area contributed by atoms with Crippen molar-refractivity contribution < 1.29 is 46.7 Å². The van der Waals surface area contributed by atoms with Gasteiger partial charge in [0.15, 0.2) is 24.3 Å². The molecule has 0 radical (unpaired) electrons. The van der Waals surface area contributed by atoms with E-state index in [9.17, 15) is 14.2 Å². The molecule has 1 aromatic carbocycles. The molecule has 2 unspecified atom stereocenters. The van der Waals surface area contributed by atoms with E-state index in [1.165, 1.54) is 0 Å². The first-order valence-electron chi connectivity index (χ1n) is 12.9. The van der Waals surface area contributed by atoms with Crippen LogP contribution in [0.1, 0.15) is 51.2 Å². The van der Waals surface area contributed by atoms with Crippen molar-refractivity contribution in [1.29, 1.82) is 0 Å². The highest BCUT2D eigenvalue weighted by molar-refractivity contribution is 7.54. The lowest BCUT2D eigenvalue weighted by molar-refractivity contribution is -0.766. The number of para-hydroxylation sites is 1. The Bertz CT molecular complexity index is 1220. The Morgan fingerprint density at radius 2 is 1.77 bits per heavy atom. The normalized spacial score (nSPS) is 26.0. The van der Waals surface area contributed by atoms with Crippen LogP contribution in [0.2, 0.25) is 0 Å². The van der Waals surface area contributed by atoms with Crippen LogP contribution >= 0.6 is 7.60 Å². The van der Waals surface area contributed by atoms with E-state index >= 15 is 0 Å². The highest BCUT2D eigenvalue weighted by Gasteiger charge is 2.59. The summed E-state index contributed by atoms with van der Waals surface area (Å²) in [7, 11) is -3.87. The number of benzene rings is 1. The number of nitrogens with zero attached hydrogens (tertiary/aromatic N) is 1. The van der Waals surface area contributed by atoms with Crippen molar-refractivity contribution in [2.75, 3.05) is 12.8 Å². The maximum Gasteiger partial charge on any atom is 0.380 e. The minimum atomic E-state index is -3.87. The van der Waals surface area contributed by atoms with Gasteiger partial charge in [-0.15, -0.1) is 0 Å². The van der Waals surface area contributed by atoms with Gasteiger partial charge in [0, 0.05) is 6.07 Å². The van der Waals surface area contributed by atoms with Gasteiger partial charge in [0.05, 0.1) is 24.8 Å². The number of pyridine rings is 1. The number of ether oxygens (including phenoxy) is 4. The van der Waals surface area contributed by atoms with Gasteiger partial charge in [0.1, 0.15) is 23.5 Å². The van der Waals surface area contributed by atoms with Crippen molar-refractivity contribution in [3.8, 4) is 5.75 Å². The third-order valence-corrected chi connectivity index (χ3v) is 8.23. The molecule has 2 N–H and O–H groups in total. The van der Waals surface area contributed by atoms with Crippen LogP contribution in [-0.4, -0.2) is 54.8 Å². The zero-order valence-electron chi connectivity index (χ0n) is 22.7. The predicted octanol–water partition coefficient (Wildman–Crippen LogP) is 3.37. The van der Waals surface area contributed by atoms with E-state index in [1.807, 2.05) is 0 Å². The van der Waals surface area contributed by atoms with Gasteiger partial charge in [-0.05, 0) is 45.9 Å². The first-order chi connectivity index (χ1) is 18.4. The lowest BCUT2D eigenvalue weighted by Gasteiger charge is -2.25. The molecule has 1 aromatic heterocycles. The number of primary amides is 1. The zero-order valence-corrected chi connectivity index (χ0v) is 23.6. The monoisotopic (exact) mass is 563 g/mol.